The highest BCUT2D eigenvalue weighted by atomic mass is 16.4. The van der Waals surface area contributed by atoms with Crippen LogP contribution in [0.1, 0.15) is 52.9 Å². The Morgan fingerprint density at radius 1 is 1.10 bits per heavy atom. The van der Waals surface area contributed by atoms with E-state index in [1.807, 2.05) is 13.8 Å². The van der Waals surface area contributed by atoms with E-state index in [0.717, 1.165) is 0 Å². The van der Waals surface area contributed by atoms with E-state index in [9.17, 15) is 29.1 Å². The summed E-state index contributed by atoms with van der Waals surface area (Å²) in [6.45, 7) is 5.42. The summed E-state index contributed by atoms with van der Waals surface area (Å²) in [6.07, 6.45) is 1.02. The molecule has 0 aliphatic carbocycles. The van der Waals surface area contributed by atoms with E-state index in [1.54, 1.807) is 0 Å². The zero-order valence-electron chi connectivity index (χ0n) is 17.7. The van der Waals surface area contributed by atoms with Gasteiger partial charge >= 0.3 is 5.97 Å². The van der Waals surface area contributed by atoms with Gasteiger partial charge < -0.3 is 32.1 Å². The van der Waals surface area contributed by atoms with Crippen LogP contribution in [0.2, 0.25) is 0 Å². The Hall–Kier alpha value is -2.69. The first-order chi connectivity index (χ1) is 13.9. The first-order valence-corrected chi connectivity index (χ1v) is 10.1. The van der Waals surface area contributed by atoms with E-state index in [-0.39, 0.29) is 31.7 Å². The summed E-state index contributed by atoms with van der Waals surface area (Å²) in [5.41, 5.74) is 10.7. The molecule has 1 aliphatic rings. The van der Waals surface area contributed by atoms with E-state index in [0.29, 0.717) is 12.8 Å². The van der Waals surface area contributed by atoms with Gasteiger partial charge in [-0.05, 0) is 38.5 Å². The molecule has 11 nitrogen and oxygen atoms in total. The van der Waals surface area contributed by atoms with Gasteiger partial charge in [0.1, 0.15) is 18.1 Å². The van der Waals surface area contributed by atoms with Crippen LogP contribution < -0.4 is 22.1 Å². The summed E-state index contributed by atoms with van der Waals surface area (Å²) in [7, 11) is 0. The highest BCUT2D eigenvalue weighted by Gasteiger charge is 2.39. The second kappa shape index (κ2) is 11.5. The van der Waals surface area contributed by atoms with Gasteiger partial charge in [-0.15, -0.1) is 0 Å². The minimum atomic E-state index is -1.14. The lowest BCUT2D eigenvalue weighted by atomic mass is 10.0. The van der Waals surface area contributed by atoms with Gasteiger partial charge in [0.2, 0.25) is 23.6 Å². The third kappa shape index (κ3) is 7.62. The fourth-order valence-electron chi connectivity index (χ4n) is 3.31. The Labute approximate surface area is 175 Å². The van der Waals surface area contributed by atoms with Crippen LogP contribution in [-0.4, -0.2) is 70.3 Å². The molecule has 4 unspecified atom stereocenters. The van der Waals surface area contributed by atoms with Crippen LogP contribution >= 0.6 is 0 Å². The number of carbonyl (C=O) groups is 5. The van der Waals surface area contributed by atoms with Gasteiger partial charge in [-0.3, -0.25) is 19.2 Å². The van der Waals surface area contributed by atoms with Gasteiger partial charge in [0.25, 0.3) is 0 Å². The monoisotopic (exact) mass is 427 g/mol. The van der Waals surface area contributed by atoms with Crippen LogP contribution in [0.4, 0.5) is 0 Å². The van der Waals surface area contributed by atoms with E-state index in [2.05, 4.69) is 10.6 Å². The standard InChI is InChI=1S/C19H33N5O6/c1-10(2)9-13(19(29)30)23-17(27)14-5-4-8-24(14)18(28)12(6-7-15(21)25)22-16(26)11(3)20/h10-14H,4-9,20H2,1-3H3,(H2,21,25)(H,22,26)(H,23,27)(H,29,30). The SMILES string of the molecule is CC(C)CC(NC(=O)C1CCCN1C(=O)C(CCC(N)=O)NC(=O)C(C)N)C(=O)O. The first kappa shape index (κ1) is 25.3. The van der Waals surface area contributed by atoms with E-state index in [1.165, 1.54) is 11.8 Å². The first-order valence-electron chi connectivity index (χ1n) is 10.1. The minimum Gasteiger partial charge on any atom is -0.480 e. The fourth-order valence-corrected chi connectivity index (χ4v) is 3.31. The summed E-state index contributed by atoms with van der Waals surface area (Å²) >= 11 is 0. The van der Waals surface area contributed by atoms with Crippen molar-refractivity contribution in [2.24, 2.45) is 17.4 Å². The molecule has 0 aromatic rings. The Kier molecular flexibility index (Phi) is 9.70. The van der Waals surface area contributed by atoms with Gasteiger partial charge in [-0.2, -0.15) is 0 Å². The second-order valence-corrected chi connectivity index (χ2v) is 8.07. The van der Waals surface area contributed by atoms with Crippen molar-refractivity contribution >= 4 is 29.6 Å². The average molecular weight is 428 g/mol. The van der Waals surface area contributed by atoms with Gasteiger partial charge in [-0.25, -0.2) is 4.79 Å². The lowest BCUT2D eigenvalue weighted by molar-refractivity contribution is -0.145. The third-order valence-electron chi connectivity index (χ3n) is 4.87. The minimum absolute atomic E-state index is 0.0252. The molecule has 170 valence electrons. The van der Waals surface area contributed by atoms with Gasteiger partial charge in [0.05, 0.1) is 6.04 Å². The predicted octanol–water partition coefficient (Wildman–Crippen LogP) is -1.31. The highest BCUT2D eigenvalue weighted by Crippen LogP contribution is 2.20. The van der Waals surface area contributed by atoms with Crippen LogP contribution in [0.25, 0.3) is 0 Å². The predicted molar refractivity (Wildman–Crippen MR) is 108 cm³/mol. The van der Waals surface area contributed by atoms with Crippen molar-refractivity contribution < 1.29 is 29.1 Å². The number of hydrogen-bond donors (Lipinski definition) is 5. The molecule has 0 bridgehead atoms. The molecular formula is C19H33N5O6. The van der Waals surface area contributed by atoms with Gasteiger partial charge in [0, 0.05) is 13.0 Å². The molecule has 1 fully saturated rings. The third-order valence-corrected chi connectivity index (χ3v) is 4.87. The zero-order chi connectivity index (χ0) is 23.0. The molecule has 11 heteroatoms. The highest BCUT2D eigenvalue weighted by molar-refractivity contribution is 5.94. The molecule has 1 heterocycles. The van der Waals surface area contributed by atoms with Crippen molar-refractivity contribution in [1.29, 1.82) is 0 Å². The van der Waals surface area contributed by atoms with E-state index >= 15 is 0 Å². The van der Waals surface area contributed by atoms with Crippen LogP contribution in [0.3, 0.4) is 0 Å². The maximum Gasteiger partial charge on any atom is 0.326 e. The topological polar surface area (TPSA) is 185 Å². The average Bonchev–Trinajstić information content (AvgIpc) is 3.12. The maximum absolute atomic E-state index is 13.1. The van der Waals surface area contributed by atoms with E-state index < -0.39 is 53.8 Å². The second-order valence-electron chi connectivity index (χ2n) is 8.07. The summed E-state index contributed by atoms with van der Waals surface area (Å²) in [5.74, 6) is -3.37. The number of aliphatic carboxylic acids is 1. The van der Waals surface area contributed by atoms with Crippen LogP contribution in [0.15, 0.2) is 0 Å². The molecule has 1 saturated heterocycles. The molecule has 0 spiro atoms. The normalized spacial score (nSPS) is 19.1. The number of carboxylic acids is 1. The van der Waals surface area contributed by atoms with Crippen LogP contribution in [0.5, 0.6) is 0 Å². The molecule has 0 aromatic carbocycles. The molecule has 4 atom stereocenters. The van der Waals surface area contributed by atoms with Crippen molar-refractivity contribution in [1.82, 2.24) is 15.5 Å². The maximum atomic E-state index is 13.1. The number of primary amides is 1. The zero-order valence-corrected chi connectivity index (χ0v) is 17.7. The summed E-state index contributed by atoms with van der Waals surface area (Å²) < 4.78 is 0. The molecule has 4 amide bonds. The lowest BCUT2D eigenvalue weighted by Crippen LogP contribution is -2.56. The van der Waals surface area contributed by atoms with Crippen LogP contribution in [0, 0.1) is 5.92 Å². The molecule has 0 aromatic heterocycles. The fraction of sp³-hybridized carbons (Fsp3) is 0.737. The number of hydrogen-bond acceptors (Lipinski definition) is 6. The Morgan fingerprint density at radius 3 is 2.23 bits per heavy atom. The van der Waals surface area contributed by atoms with Crippen LogP contribution in [-0.2, 0) is 24.0 Å². The lowest BCUT2D eigenvalue weighted by Gasteiger charge is -2.30. The summed E-state index contributed by atoms with van der Waals surface area (Å²) in [6, 6.07) is -3.83. The molecule has 0 radical (unpaired) electrons. The molecule has 0 saturated carbocycles. The summed E-state index contributed by atoms with van der Waals surface area (Å²) in [4.78, 5) is 61.7. The van der Waals surface area contributed by atoms with Crippen molar-refractivity contribution in [2.75, 3.05) is 6.54 Å². The smallest absolute Gasteiger partial charge is 0.326 e. The number of likely N-dealkylation sites (tertiary alicyclic amines) is 1. The number of amides is 4. The number of nitrogens with one attached hydrogen (secondary N) is 2. The van der Waals surface area contributed by atoms with Gasteiger partial charge in [-0.1, -0.05) is 13.8 Å². The Balaban J connectivity index is 2.94. The molecule has 1 rings (SSSR count). The Morgan fingerprint density at radius 2 is 1.73 bits per heavy atom. The van der Waals surface area contributed by atoms with Crippen molar-refractivity contribution in [3.63, 3.8) is 0 Å². The summed E-state index contributed by atoms with van der Waals surface area (Å²) in [5, 5.41) is 14.4. The molecular weight excluding hydrogens is 394 g/mol. The number of carbonyl (C=O) groups excluding carboxylic acids is 4. The molecule has 30 heavy (non-hydrogen) atoms. The van der Waals surface area contributed by atoms with E-state index in [4.69, 9.17) is 11.5 Å². The number of carboxylic acid groups (broad SMARTS) is 1. The number of rotatable bonds is 11. The van der Waals surface area contributed by atoms with Crippen molar-refractivity contribution in [3.8, 4) is 0 Å². The van der Waals surface area contributed by atoms with Crippen molar-refractivity contribution in [2.45, 2.75) is 77.0 Å². The van der Waals surface area contributed by atoms with Gasteiger partial charge in [0.15, 0.2) is 0 Å². The Bertz CT molecular complexity index is 666. The largest absolute Gasteiger partial charge is 0.480 e. The molecule has 7 N–H and O–H groups in total. The number of nitrogens with zero attached hydrogens (tertiary/aromatic N) is 1. The number of nitrogens with two attached hydrogens (primary N) is 2. The molecule has 1 aliphatic heterocycles. The quantitative estimate of drug-likeness (QED) is 0.271. The van der Waals surface area contributed by atoms with Crippen molar-refractivity contribution in [3.05, 3.63) is 0 Å².